The van der Waals surface area contributed by atoms with Gasteiger partial charge in [0.2, 0.25) is 17.7 Å². The van der Waals surface area contributed by atoms with Crippen LogP contribution in [-0.4, -0.2) is 115 Å². The highest BCUT2D eigenvalue weighted by atomic mass is 16.5. The quantitative estimate of drug-likeness (QED) is 0.126. The van der Waals surface area contributed by atoms with Gasteiger partial charge in [0.15, 0.2) is 11.8 Å². The normalized spacial score (nSPS) is 20.1. The van der Waals surface area contributed by atoms with E-state index in [-0.39, 0.29) is 53.8 Å². The zero-order valence-electron chi connectivity index (χ0n) is 33.1. The van der Waals surface area contributed by atoms with E-state index in [1.807, 2.05) is 71.9 Å². The number of hydrogen-bond acceptors (Lipinski definition) is 8. The number of aliphatic hydroxyl groups is 1. The van der Waals surface area contributed by atoms with Crippen LogP contribution in [-0.2, 0) is 28.7 Å². The Labute approximate surface area is 306 Å². The van der Waals surface area contributed by atoms with E-state index < -0.39 is 42.4 Å². The highest BCUT2D eigenvalue weighted by Gasteiger charge is 2.43. The van der Waals surface area contributed by atoms with E-state index >= 15 is 0 Å². The molecule has 1 aromatic rings. The summed E-state index contributed by atoms with van der Waals surface area (Å²) in [6.07, 6.45) is -0.0330. The fourth-order valence-corrected chi connectivity index (χ4v) is 7.18. The zero-order valence-corrected chi connectivity index (χ0v) is 33.1. The molecule has 1 heterocycles. The van der Waals surface area contributed by atoms with Crippen molar-refractivity contribution < 1.29 is 38.3 Å². The molecule has 4 N–H and O–H groups in total. The van der Waals surface area contributed by atoms with Crippen molar-refractivity contribution in [1.82, 2.24) is 20.9 Å². The summed E-state index contributed by atoms with van der Waals surface area (Å²) < 4.78 is 13.4. The SMILES string of the molecule is CC[C@H](C)C([C@@H](CC(=O)N1CCC[C@H]1[C@H](OC)[C@@H](C)C(=O)N[C@H](C)[C@@H](O)c1ccccc1)OC)=[N+](C)C(=O)[C@@H](NC(=O)[C@@H](NC)C(C)C)C(C)C. The lowest BCUT2D eigenvalue weighted by Crippen LogP contribution is -2.56. The molecule has 1 aliphatic heterocycles. The number of likely N-dealkylation sites (N-methyl/N-ethyl adjacent to an activating group) is 2. The molecule has 1 aromatic carbocycles. The highest BCUT2D eigenvalue weighted by Crippen LogP contribution is 2.28. The minimum absolute atomic E-state index is 0.00447. The number of nitrogens with one attached hydrogen (secondary N) is 3. The number of amides is 4. The molecule has 9 atom stereocenters. The van der Waals surface area contributed by atoms with Gasteiger partial charge in [-0.25, -0.2) is 4.79 Å². The van der Waals surface area contributed by atoms with Gasteiger partial charge in [-0.3, -0.25) is 14.4 Å². The molecule has 1 fully saturated rings. The summed E-state index contributed by atoms with van der Waals surface area (Å²) in [5, 5.41) is 19.8. The number of carbonyl (C=O) groups excluding carboxylic acids is 4. The van der Waals surface area contributed by atoms with Crippen molar-refractivity contribution >= 4 is 29.3 Å². The average molecular weight is 717 g/mol. The van der Waals surface area contributed by atoms with Crippen LogP contribution in [0.1, 0.15) is 92.7 Å². The van der Waals surface area contributed by atoms with Crippen LogP contribution in [0.2, 0.25) is 0 Å². The molecule has 4 amide bonds. The highest BCUT2D eigenvalue weighted by molar-refractivity contribution is 5.95. The maximum atomic E-state index is 14.1. The predicted octanol–water partition coefficient (Wildman–Crippen LogP) is 3.31. The molecule has 0 saturated carbocycles. The second-order valence-corrected chi connectivity index (χ2v) is 14.7. The average Bonchev–Trinajstić information content (AvgIpc) is 3.59. The topological polar surface area (TPSA) is 149 Å². The number of ether oxygens (including phenoxy) is 2. The Morgan fingerprint density at radius 1 is 0.922 bits per heavy atom. The number of likely N-dealkylation sites (tertiary alicyclic amines) is 1. The van der Waals surface area contributed by atoms with E-state index in [9.17, 15) is 24.3 Å². The first-order chi connectivity index (χ1) is 24.0. The first-order valence-electron chi connectivity index (χ1n) is 18.6. The molecular formula is C39H66N5O7+. The third-order valence-electron chi connectivity index (χ3n) is 10.5. The van der Waals surface area contributed by atoms with Gasteiger partial charge in [0, 0.05) is 26.7 Å². The lowest BCUT2D eigenvalue weighted by molar-refractivity contribution is -0.427. The molecule has 0 spiro atoms. The predicted molar refractivity (Wildman–Crippen MR) is 199 cm³/mol. The van der Waals surface area contributed by atoms with Gasteiger partial charge in [0.1, 0.15) is 13.2 Å². The summed E-state index contributed by atoms with van der Waals surface area (Å²) in [6, 6.07) is 7.06. The minimum atomic E-state index is -0.878. The lowest BCUT2D eigenvalue weighted by atomic mass is 9.92. The number of nitrogens with zero attached hydrogens (tertiary/aromatic N) is 2. The largest absolute Gasteiger partial charge is 0.409 e. The molecule has 0 aliphatic carbocycles. The van der Waals surface area contributed by atoms with Crippen molar-refractivity contribution in [2.24, 2.45) is 23.7 Å². The Hall–Kier alpha value is -3.19. The Bertz CT molecular complexity index is 1320. The number of methoxy groups -OCH3 is 2. The van der Waals surface area contributed by atoms with Crippen molar-refractivity contribution in [1.29, 1.82) is 0 Å². The van der Waals surface area contributed by atoms with E-state index in [4.69, 9.17) is 9.47 Å². The Balaban J connectivity index is 2.30. The number of aliphatic hydroxyl groups excluding tert-OH is 1. The van der Waals surface area contributed by atoms with Crippen LogP contribution >= 0.6 is 0 Å². The third kappa shape index (κ3) is 11.4. The van der Waals surface area contributed by atoms with Crippen molar-refractivity contribution in [3.8, 4) is 0 Å². The van der Waals surface area contributed by atoms with Crippen LogP contribution in [0.3, 0.4) is 0 Å². The maximum absolute atomic E-state index is 14.1. The number of hydrogen-bond donors (Lipinski definition) is 4. The van der Waals surface area contributed by atoms with Gasteiger partial charge in [-0.2, -0.15) is 4.58 Å². The number of benzene rings is 1. The summed E-state index contributed by atoms with van der Waals surface area (Å²) in [6.45, 7) is 15.8. The lowest BCUT2D eigenvalue weighted by Gasteiger charge is -2.35. The van der Waals surface area contributed by atoms with Crippen LogP contribution in [0.25, 0.3) is 0 Å². The molecule has 12 heteroatoms. The van der Waals surface area contributed by atoms with Crippen LogP contribution in [0, 0.1) is 23.7 Å². The molecule has 2 rings (SSSR count). The summed E-state index contributed by atoms with van der Waals surface area (Å²) in [4.78, 5) is 56.6. The fourth-order valence-electron chi connectivity index (χ4n) is 7.18. The molecule has 1 saturated heterocycles. The van der Waals surface area contributed by atoms with E-state index in [0.717, 1.165) is 6.42 Å². The molecule has 51 heavy (non-hydrogen) atoms. The first kappa shape index (κ1) is 44.0. The second-order valence-electron chi connectivity index (χ2n) is 14.7. The van der Waals surface area contributed by atoms with Crippen LogP contribution < -0.4 is 16.0 Å². The first-order valence-corrected chi connectivity index (χ1v) is 18.6. The van der Waals surface area contributed by atoms with E-state index in [2.05, 4.69) is 16.0 Å². The van der Waals surface area contributed by atoms with Crippen molar-refractivity contribution in [2.45, 2.75) is 124 Å². The number of rotatable bonds is 19. The maximum Gasteiger partial charge on any atom is 0.409 e. The third-order valence-corrected chi connectivity index (χ3v) is 10.5. The van der Waals surface area contributed by atoms with Gasteiger partial charge in [-0.15, -0.1) is 0 Å². The Kier molecular flexibility index (Phi) is 17.9. The Morgan fingerprint density at radius 2 is 1.53 bits per heavy atom. The summed E-state index contributed by atoms with van der Waals surface area (Å²) in [7, 11) is 6.51. The standard InChI is InChI=1S/C39H65N5O7/c1-13-25(6)34(43(10)39(49)33(24(4)5)42-38(48)32(40-9)23(2)3)30(50-11)22-31(45)44-21-17-20-29(44)36(51-12)26(7)37(47)41-27(8)35(46)28-18-15-14-16-19-28/h14-16,18-19,23-27,29-30,32-33,35-36,40,46H,13,17,20-22H2,1-12H3,(H-,41,42,47,48)/p+1/t25-,26+,27+,29-,30+,32-,33-,35+,36+/m0/s1. The second kappa shape index (κ2) is 20.7. The molecule has 1 aliphatic rings. The van der Waals surface area contributed by atoms with Crippen molar-refractivity contribution in [3.63, 3.8) is 0 Å². The zero-order chi connectivity index (χ0) is 38.6. The van der Waals surface area contributed by atoms with Gasteiger partial charge < -0.3 is 35.4 Å². The molecule has 0 radical (unpaired) electrons. The molecule has 0 aromatic heterocycles. The van der Waals surface area contributed by atoms with E-state index in [0.29, 0.717) is 30.7 Å². The van der Waals surface area contributed by atoms with Gasteiger partial charge in [0.05, 0.1) is 42.7 Å². The molecule has 0 unspecified atom stereocenters. The van der Waals surface area contributed by atoms with Gasteiger partial charge in [-0.1, -0.05) is 78.8 Å². The van der Waals surface area contributed by atoms with Crippen molar-refractivity contribution in [3.05, 3.63) is 35.9 Å². The molecule has 0 bridgehead atoms. The van der Waals surface area contributed by atoms with Crippen LogP contribution in [0.4, 0.5) is 0 Å². The summed E-state index contributed by atoms with van der Waals surface area (Å²) in [5.41, 5.74) is 1.38. The summed E-state index contributed by atoms with van der Waals surface area (Å²) in [5.74, 6) is -1.80. The number of carbonyl (C=O) groups is 4. The van der Waals surface area contributed by atoms with Crippen LogP contribution in [0.15, 0.2) is 30.3 Å². The Morgan fingerprint density at radius 3 is 2.04 bits per heavy atom. The smallest absolute Gasteiger partial charge is 0.386 e. The van der Waals surface area contributed by atoms with Crippen molar-refractivity contribution in [2.75, 3.05) is 34.9 Å². The molecule has 12 nitrogen and oxygen atoms in total. The summed E-state index contributed by atoms with van der Waals surface area (Å²) >= 11 is 0. The minimum Gasteiger partial charge on any atom is -0.386 e. The van der Waals surface area contributed by atoms with E-state index in [1.54, 1.807) is 44.5 Å². The van der Waals surface area contributed by atoms with Gasteiger partial charge in [0.25, 0.3) is 0 Å². The van der Waals surface area contributed by atoms with Gasteiger partial charge >= 0.3 is 5.91 Å². The molecule has 288 valence electrons. The van der Waals surface area contributed by atoms with Crippen LogP contribution in [0.5, 0.6) is 0 Å². The molecular weight excluding hydrogens is 650 g/mol. The monoisotopic (exact) mass is 716 g/mol. The van der Waals surface area contributed by atoms with Gasteiger partial charge in [-0.05, 0) is 50.6 Å². The fraction of sp³-hybridized carbons (Fsp3) is 0.718. The van der Waals surface area contributed by atoms with E-state index in [1.165, 1.54) is 7.11 Å².